The quantitative estimate of drug-likeness (QED) is 0.788. The summed E-state index contributed by atoms with van der Waals surface area (Å²) in [6.07, 6.45) is 2.12. The first-order valence-electron chi connectivity index (χ1n) is 6.44. The Morgan fingerprint density at radius 2 is 2.11 bits per heavy atom. The van der Waals surface area contributed by atoms with Gasteiger partial charge < -0.3 is 9.88 Å². The second-order valence-corrected chi connectivity index (χ2v) is 5.76. The Bertz CT molecular complexity index is 650. The molecule has 1 atom stereocenters. The lowest BCUT2D eigenvalue weighted by Gasteiger charge is -2.13. The van der Waals surface area contributed by atoms with Gasteiger partial charge in [-0.05, 0) is 38.2 Å². The summed E-state index contributed by atoms with van der Waals surface area (Å²) >= 11 is 1.77. The molecule has 0 saturated heterocycles. The van der Waals surface area contributed by atoms with Crippen LogP contribution in [0.1, 0.15) is 23.7 Å². The highest BCUT2D eigenvalue weighted by atomic mass is 32.1. The zero-order chi connectivity index (χ0) is 13.2. The largest absolute Gasteiger partial charge is 0.343 e. The standard InChI is InChI=1S/C15H17N3S/c1-11(16-2)13-7-5-9-18(13)10-15-17-12-6-3-4-8-14(12)19-15/h3-9,11,16H,10H2,1-2H3. The number of aromatic nitrogens is 2. The van der Waals surface area contributed by atoms with Gasteiger partial charge in [-0.15, -0.1) is 11.3 Å². The summed E-state index contributed by atoms with van der Waals surface area (Å²) < 4.78 is 3.52. The first-order valence-corrected chi connectivity index (χ1v) is 7.26. The molecular weight excluding hydrogens is 254 g/mol. The van der Waals surface area contributed by atoms with Crippen molar-refractivity contribution in [1.29, 1.82) is 0 Å². The van der Waals surface area contributed by atoms with E-state index in [1.165, 1.54) is 10.4 Å². The van der Waals surface area contributed by atoms with E-state index in [0.717, 1.165) is 17.1 Å². The normalized spacial score (nSPS) is 12.9. The van der Waals surface area contributed by atoms with Gasteiger partial charge in [0, 0.05) is 17.9 Å². The Kier molecular flexibility index (Phi) is 3.36. The number of benzene rings is 1. The Morgan fingerprint density at radius 1 is 1.26 bits per heavy atom. The van der Waals surface area contributed by atoms with Crippen LogP contribution in [-0.4, -0.2) is 16.6 Å². The molecule has 0 spiro atoms. The first kappa shape index (κ1) is 12.4. The maximum Gasteiger partial charge on any atom is 0.114 e. The van der Waals surface area contributed by atoms with E-state index >= 15 is 0 Å². The third-order valence-electron chi connectivity index (χ3n) is 3.39. The van der Waals surface area contributed by atoms with Crippen LogP contribution in [0.5, 0.6) is 0 Å². The van der Waals surface area contributed by atoms with E-state index in [-0.39, 0.29) is 0 Å². The van der Waals surface area contributed by atoms with Crippen LogP contribution in [0.25, 0.3) is 10.2 Å². The van der Waals surface area contributed by atoms with Gasteiger partial charge in [0.05, 0.1) is 16.8 Å². The molecule has 0 bridgehead atoms. The van der Waals surface area contributed by atoms with Crippen LogP contribution in [-0.2, 0) is 6.54 Å². The van der Waals surface area contributed by atoms with Crippen molar-refractivity contribution >= 4 is 21.6 Å². The summed E-state index contributed by atoms with van der Waals surface area (Å²) in [5.74, 6) is 0. The molecule has 0 saturated carbocycles. The average molecular weight is 271 g/mol. The minimum absolute atomic E-state index is 0.351. The molecule has 0 fully saturated rings. The van der Waals surface area contributed by atoms with Crippen molar-refractivity contribution < 1.29 is 0 Å². The summed E-state index contributed by atoms with van der Waals surface area (Å²) in [4.78, 5) is 4.69. The molecule has 0 radical (unpaired) electrons. The molecular formula is C15H17N3S. The fourth-order valence-electron chi connectivity index (χ4n) is 2.25. The third kappa shape index (κ3) is 2.41. The topological polar surface area (TPSA) is 29.9 Å². The van der Waals surface area contributed by atoms with Crippen LogP contribution in [0.2, 0.25) is 0 Å². The summed E-state index contributed by atoms with van der Waals surface area (Å²) in [6.45, 7) is 3.01. The lowest BCUT2D eigenvalue weighted by molar-refractivity contribution is 0.589. The SMILES string of the molecule is CNC(C)c1cccn1Cc1nc2ccccc2s1. The Morgan fingerprint density at radius 3 is 2.89 bits per heavy atom. The van der Waals surface area contributed by atoms with E-state index in [1.807, 2.05) is 13.1 Å². The number of para-hydroxylation sites is 1. The maximum absolute atomic E-state index is 4.69. The molecule has 1 aromatic carbocycles. The van der Waals surface area contributed by atoms with Gasteiger partial charge >= 0.3 is 0 Å². The van der Waals surface area contributed by atoms with Gasteiger partial charge in [0.2, 0.25) is 0 Å². The summed E-state index contributed by atoms with van der Waals surface area (Å²) in [5, 5.41) is 4.44. The monoisotopic (exact) mass is 271 g/mol. The number of hydrogen-bond donors (Lipinski definition) is 1. The van der Waals surface area contributed by atoms with Gasteiger partial charge in [-0.25, -0.2) is 4.98 Å². The van der Waals surface area contributed by atoms with Gasteiger partial charge in [0.1, 0.15) is 5.01 Å². The molecule has 3 aromatic rings. The molecule has 2 aromatic heterocycles. The summed E-state index contributed by atoms with van der Waals surface area (Å²) in [5.41, 5.74) is 2.39. The number of rotatable bonds is 4. The molecule has 0 aliphatic heterocycles. The number of hydrogen-bond acceptors (Lipinski definition) is 3. The van der Waals surface area contributed by atoms with E-state index < -0.39 is 0 Å². The van der Waals surface area contributed by atoms with Crippen molar-refractivity contribution in [3.05, 3.63) is 53.3 Å². The van der Waals surface area contributed by atoms with E-state index in [1.54, 1.807) is 11.3 Å². The molecule has 0 aliphatic rings. The Hall–Kier alpha value is -1.65. The number of thiazole rings is 1. The molecule has 3 nitrogen and oxygen atoms in total. The molecule has 1 N–H and O–H groups in total. The lowest BCUT2D eigenvalue weighted by atomic mass is 10.2. The second-order valence-electron chi connectivity index (χ2n) is 4.65. The second kappa shape index (κ2) is 5.15. The molecule has 1 unspecified atom stereocenters. The van der Waals surface area contributed by atoms with E-state index in [2.05, 4.69) is 53.3 Å². The zero-order valence-electron chi connectivity index (χ0n) is 11.1. The first-order chi connectivity index (χ1) is 9.28. The van der Waals surface area contributed by atoms with Crippen molar-refractivity contribution in [3.63, 3.8) is 0 Å². The van der Waals surface area contributed by atoms with Crippen molar-refractivity contribution in [3.8, 4) is 0 Å². The summed E-state index contributed by atoms with van der Waals surface area (Å²) in [7, 11) is 1.99. The highest BCUT2D eigenvalue weighted by Gasteiger charge is 2.10. The fourth-order valence-corrected chi connectivity index (χ4v) is 3.21. The predicted octanol–water partition coefficient (Wildman–Crippen LogP) is 3.43. The van der Waals surface area contributed by atoms with Gasteiger partial charge in [0.25, 0.3) is 0 Å². The van der Waals surface area contributed by atoms with Gasteiger partial charge in [0.15, 0.2) is 0 Å². The molecule has 0 aliphatic carbocycles. The Labute approximate surface area is 116 Å². The maximum atomic E-state index is 4.69. The van der Waals surface area contributed by atoms with Crippen LogP contribution < -0.4 is 5.32 Å². The third-order valence-corrected chi connectivity index (χ3v) is 4.41. The number of nitrogens with zero attached hydrogens (tertiary/aromatic N) is 2. The predicted molar refractivity (Wildman–Crippen MR) is 80.6 cm³/mol. The van der Waals surface area contributed by atoms with Crippen LogP contribution >= 0.6 is 11.3 Å². The molecule has 3 rings (SSSR count). The van der Waals surface area contributed by atoms with Crippen LogP contribution in [0.4, 0.5) is 0 Å². The minimum Gasteiger partial charge on any atom is -0.343 e. The van der Waals surface area contributed by atoms with E-state index in [0.29, 0.717) is 6.04 Å². The highest BCUT2D eigenvalue weighted by molar-refractivity contribution is 7.18. The van der Waals surface area contributed by atoms with Gasteiger partial charge in [-0.2, -0.15) is 0 Å². The van der Waals surface area contributed by atoms with E-state index in [4.69, 9.17) is 4.98 Å². The minimum atomic E-state index is 0.351. The summed E-state index contributed by atoms with van der Waals surface area (Å²) in [6, 6.07) is 12.9. The number of fused-ring (bicyclic) bond motifs is 1. The van der Waals surface area contributed by atoms with Gasteiger partial charge in [-0.3, -0.25) is 0 Å². The Balaban J connectivity index is 1.90. The number of nitrogens with one attached hydrogen (secondary N) is 1. The lowest BCUT2D eigenvalue weighted by Crippen LogP contribution is -2.16. The smallest absolute Gasteiger partial charge is 0.114 e. The van der Waals surface area contributed by atoms with Crippen molar-refractivity contribution in [1.82, 2.24) is 14.9 Å². The molecule has 2 heterocycles. The molecule has 0 amide bonds. The van der Waals surface area contributed by atoms with Crippen LogP contribution in [0.3, 0.4) is 0 Å². The highest BCUT2D eigenvalue weighted by Crippen LogP contribution is 2.23. The zero-order valence-corrected chi connectivity index (χ0v) is 11.9. The van der Waals surface area contributed by atoms with Gasteiger partial charge in [-0.1, -0.05) is 12.1 Å². The van der Waals surface area contributed by atoms with Crippen LogP contribution in [0, 0.1) is 0 Å². The molecule has 98 valence electrons. The fraction of sp³-hybridized carbons (Fsp3) is 0.267. The van der Waals surface area contributed by atoms with Crippen molar-refractivity contribution in [2.45, 2.75) is 19.5 Å². The molecule has 4 heteroatoms. The van der Waals surface area contributed by atoms with Crippen molar-refractivity contribution in [2.24, 2.45) is 0 Å². The van der Waals surface area contributed by atoms with Crippen molar-refractivity contribution in [2.75, 3.05) is 7.05 Å². The molecule has 19 heavy (non-hydrogen) atoms. The van der Waals surface area contributed by atoms with Crippen LogP contribution in [0.15, 0.2) is 42.6 Å². The van der Waals surface area contributed by atoms with E-state index in [9.17, 15) is 0 Å². The average Bonchev–Trinajstić information content (AvgIpc) is 3.04.